The molecular formula is C16H13N5O. The van der Waals surface area contributed by atoms with Crippen LogP contribution in [0.5, 0.6) is 0 Å². The molecule has 3 rings (SSSR count). The molecule has 0 aliphatic carbocycles. The van der Waals surface area contributed by atoms with E-state index >= 15 is 0 Å². The first-order chi connectivity index (χ1) is 10.7. The van der Waals surface area contributed by atoms with Gasteiger partial charge in [0, 0.05) is 12.2 Å². The maximum absolute atomic E-state index is 12.6. The van der Waals surface area contributed by atoms with Crippen LogP contribution in [0.15, 0.2) is 30.6 Å². The molecule has 0 spiro atoms. The Hall–Kier alpha value is -3.12. The van der Waals surface area contributed by atoms with Crippen molar-refractivity contribution in [1.29, 1.82) is 10.5 Å². The summed E-state index contributed by atoms with van der Waals surface area (Å²) in [4.78, 5) is 18.2. The SMILES string of the molecule is N#Cc1ncn(CC(=O)N2CCCc3ccccc32)c1C#N. The number of benzene rings is 1. The zero-order chi connectivity index (χ0) is 15.5. The maximum Gasteiger partial charge on any atom is 0.247 e. The van der Waals surface area contributed by atoms with Crippen LogP contribution in [-0.2, 0) is 17.8 Å². The minimum absolute atomic E-state index is 0.00586. The molecule has 0 fully saturated rings. The highest BCUT2D eigenvalue weighted by Crippen LogP contribution is 2.27. The molecule has 0 bridgehead atoms. The Kier molecular flexibility index (Phi) is 3.59. The van der Waals surface area contributed by atoms with Gasteiger partial charge in [0.25, 0.3) is 0 Å². The molecule has 2 aromatic rings. The fourth-order valence-corrected chi connectivity index (χ4v) is 2.72. The number of carbonyl (C=O) groups excluding carboxylic acids is 1. The largest absolute Gasteiger partial charge is 0.312 e. The van der Waals surface area contributed by atoms with E-state index in [2.05, 4.69) is 4.98 Å². The number of hydrogen-bond acceptors (Lipinski definition) is 4. The number of nitriles is 2. The van der Waals surface area contributed by atoms with Crippen molar-refractivity contribution in [3.63, 3.8) is 0 Å². The van der Waals surface area contributed by atoms with Crippen LogP contribution in [0.25, 0.3) is 0 Å². The van der Waals surface area contributed by atoms with E-state index in [1.807, 2.05) is 36.4 Å². The van der Waals surface area contributed by atoms with E-state index in [0.717, 1.165) is 24.1 Å². The third kappa shape index (κ3) is 2.32. The van der Waals surface area contributed by atoms with Crippen LogP contribution in [-0.4, -0.2) is 22.0 Å². The van der Waals surface area contributed by atoms with Crippen molar-refractivity contribution in [2.45, 2.75) is 19.4 Å². The van der Waals surface area contributed by atoms with E-state index in [4.69, 9.17) is 10.5 Å². The summed E-state index contributed by atoms with van der Waals surface area (Å²) in [6.45, 7) is 0.670. The van der Waals surface area contributed by atoms with Gasteiger partial charge in [-0.05, 0) is 24.5 Å². The molecule has 1 amide bonds. The van der Waals surface area contributed by atoms with E-state index in [-0.39, 0.29) is 23.8 Å². The van der Waals surface area contributed by atoms with Gasteiger partial charge in [-0.15, -0.1) is 0 Å². The summed E-state index contributed by atoms with van der Waals surface area (Å²) in [6, 6.07) is 11.6. The van der Waals surface area contributed by atoms with Gasteiger partial charge in [0.1, 0.15) is 18.7 Å². The second kappa shape index (κ2) is 5.71. The van der Waals surface area contributed by atoms with E-state index in [9.17, 15) is 4.79 Å². The van der Waals surface area contributed by atoms with Crippen molar-refractivity contribution in [2.24, 2.45) is 0 Å². The number of aryl methyl sites for hydroxylation is 1. The summed E-state index contributed by atoms with van der Waals surface area (Å²) in [7, 11) is 0. The number of para-hydroxylation sites is 1. The number of imidazole rings is 1. The van der Waals surface area contributed by atoms with Crippen LogP contribution < -0.4 is 4.90 Å². The number of carbonyl (C=O) groups is 1. The van der Waals surface area contributed by atoms with Crippen molar-refractivity contribution in [2.75, 3.05) is 11.4 Å². The molecule has 22 heavy (non-hydrogen) atoms. The smallest absolute Gasteiger partial charge is 0.247 e. The second-order valence-corrected chi connectivity index (χ2v) is 5.07. The van der Waals surface area contributed by atoms with Crippen molar-refractivity contribution >= 4 is 11.6 Å². The number of nitrogens with zero attached hydrogens (tertiary/aromatic N) is 5. The highest BCUT2D eigenvalue weighted by molar-refractivity contribution is 5.94. The van der Waals surface area contributed by atoms with Gasteiger partial charge in [0.2, 0.25) is 5.91 Å². The van der Waals surface area contributed by atoms with Gasteiger partial charge in [-0.3, -0.25) is 4.79 Å². The molecule has 0 saturated carbocycles. The van der Waals surface area contributed by atoms with E-state index in [1.54, 1.807) is 4.90 Å². The van der Waals surface area contributed by atoms with E-state index < -0.39 is 0 Å². The fourth-order valence-electron chi connectivity index (χ4n) is 2.72. The summed E-state index contributed by atoms with van der Waals surface area (Å²) >= 11 is 0. The summed E-state index contributed by atoms with van der Waals surface area (Å²) in [5, 5.41) is 18.0. The average Bonchev–Trinajstić information content (AvgIpc) is 2.95. The second-order valence-electron chi connectivity index (χ2n) is 5.07. The molecule has 0 N–H and O–H groups in total. The lowest BCUT2D eigenvalue weighted by atomic mass is 10.0. The third-order valence-corrected chi connectivity index (χ3v) is 3.77. The van der Waals surface area contributed by atoms with Gasteiger partial charge in [-0.2, -0.15) is 10.5 Å². The van der Waals surface area contributed by atoms with Crippen LogP contribution in [0.4, 0.5) is 5.69 Å². The molecule has 0 radical (unpaired) electrons. The summed E-state index contributed by atoms with van der Waals surface area (Å²) in [5.74, 6) is -0.106. The standard InChI is InChI=1S/C16H13N5O/c17-8-13-15(9-18)20(11-19-13)10-16(22)21-7-3-5-12-4-1-2-6-14(12)21/h1-2,4,6,11H,3,5,7,10H2. The van der Waals surface area contributed by atoms with Crippen molar-refractivity contribution in [3.8, 4) is 12.1 Å². The average molecular weight is 291 g/mol. The Bertz CT molecular complexity index is 809. The molecule has 1 aromatic heterocycles. The van der Waals surface area contributed by atoms with Gasteiger partial charge < -0.3 is 9.47 Å². The quantitative estimate of drug-likeness (QED) is 0.841. The van der Waals surface area contributed by atoms with Gasteiger partial charge >= 0.3 is 0 Å². The zero-order valence-electron chi connectivity index (χ0n) is 11.9. The Morgan fingerprint density at radius 2 is 2.09 bits per heavy atom. The minimum Gasteiger partial charge on any atom is -0.312 e. The Morgan fingerprint density at radius 3 is 2.86 bits per heavy atom. The van der Waals surface area contributed by atoms with Crippen molar-refractivity contribution in [3.05, 3.63) is 47.5 Å². The number of rotatable bonds is 2. The molecule has 2 heterocycles. The lowest BCUT2D eigenvalue weighted by Crippen LogP contribution is -2.37. The molecule has 0 saturated heterocycles. The molecule has 1 aliphatic heterocycles. The number of fused-ring (bicyclic) bond motifs is 1. The molecule has 6 nitrogen and oxygen atoms in total. The normalized spacial score (nSPS) is 13.1. The van der Waals surface area contributed by atoms with E-state index in [1.165, 1.54) is 10.9 Å². The summed E-state index contributed by atoms with van der Waals surface area (Å²) < 4.78 is 1.43. The van der Waals surface area contributed by atoms with Crippen LogP contribution in [0.2, 0.25) is 0 Å². The summed E-state index contributed by atoms with van der Waals surface area (Å²) in [6.07, 6.45) is 3.25. The minimum atomic E-state index is -0.106. The predicted octanol–water partition coefficient (Wildman–Crippen LogP) is 1.61. The number of aromatic nitrogens is 2. The first-order valence-corrected chi connectivity index (χ1v) is 6.98. The molecule has 0 unspecified atom stereocenters. The topological polar surface area (TPSA) is 85.7 Å². The first-order valence-electron chi connectivity index (χ1n) is 6.98. The highest BCUT2D eigenvalue weighted by atomic mass is 16.2. The predicted molar refractivity (Wildman–Crippen MR) is 78.8 cm³/mol. The van der Waals surface area contributed by atoms with Crippen molar-refractivity contribution in [1.82, 2.24) is 9.55 Å². The molecule has 108 valence electrons. The van der Waals surface area contributed by atoms with Crippen LogP contribution in [0, 0.1) is 22.7 Å². The maximum atomic E-state index is 12.6. The Balaban J connectivity index is 1.87. The van der Waals surface area contributed by atoms with E-state index in [0.29, 0.717) is 6.54 Å². The van der Waals surface area contributed by atoms with Crippen molar-refractivity contribution < 1.29 is 4.79 Å². The van der Waals surface area contributed by atoms with Gasteiger partial charge in [0.15, 0.2) is 11.4 Å². The van der Waals surface area contributed by atoms with Crippen LogP contribution >= 0.6 is 0 Å². The third-order valence-electron chi connectivity index (χ3n) is 3.77. The Labute approximate surface area is 127 Å². The number of anilines is 1. The Morgan fingerprint density at radius 1 is 1.27 bits per heavy atom. The number of amides is 1. The van der Waals surface area contributed by atoms with Crippen LogP contribution in [0.3, 0.4) is 0 Å². The monoisotopic (exact) mass is 291 g/mol. The first kappa shape index (κ1) is 13.8. The fraction of sp³-hybridized carbons (Fsp3) is 0.250. The summed E-state index contributed by atoms with van der Waals surface area (Å²) in [5.41, 5.74) is 2.26. The lowest BCUT2D eigenvalue weighted by Gasteiger charge is -2.29. The molecule has 1 aromatic carbocycles. The number of hydrogen-bond donors (Lipinski definition) is 0. The molecule has 0 atom stereocenters. The van der Waals surface area contributed by atoms with Gasteiger partial charge in [-0.1, -0.05) is 18.2 Å². The highest BCUT2D eigenvalue weighted by Gasteiger charge is 2.23. The van der Waals surface area contributed by atoms with Gasteiger partial charge in [-0.25, -0.2) is 4.98 Å². The molecule has 1 aliphatic rings. The zero-order valence-corrected chi connectivity index (χ0v) is 11.9. The van der Waals surface area contributed by atoms with Crippen LogP contribution in [0.1, 0.15) is 23.4 Å². The van der Waals surface area contributed by atoms with Gasteiger partial charge in [0.05, 0.1) is 6.33 Å². The lowest BCUT2D eigenvalue weighted by molar-refractivity contribution is -0.119. The molecular weight excluding hydrogens is 278 g/mol. The molecule has 6 heteroatoms.